The van der Waals surface area contributed by atoms with Gasteiger partial charge in [-0.3, -0.25) is 9.69 Å². The molecule has 0 unspecified atom stereocenters. The van der Waals surface area contributed by atoms with Gasteiger partial charge in [0.1, 0.15) is 5.76 Å². The molecule has 4 aromatic rings. The van der Waals surface area contributed by atoms with E-state index in [2.05, 4.69) is 32.9 Å². The molecule has 0 N–H and O–H groups in total. The molecule has 5 heteroatoms. The molecule has 4 nitrogen and oxygen atoms in total. The second-order valence-corrected chi connectivity index (χ2v) is 8.09. The van der Waals surface area contributed by atoms with Gasteiger partial charge in [-0.1, -0.05) is 41.2 Å². The monoisotopic (exact) mass is 390 g/mol. The third-order valence-corrected chi connectivity index (χ3v) is 5.94. The van der Waals surface area contributed by atoms with E-state index in [4.69, 9.17) is 9.40 Å². The van der Waals surface area contributed by atoms with Crippen LogP contribution in [-0.2, 0) is 17.8 Å². The van der Waals surface area contributed by atoms with Crippen LogP contribution in [0.2, 0.25) is 0 Å². The molecule has 0 radical (unpaired) electrons. The number of furan rings is 1. The SMILES string of the molecule is Cc1cc(C)c(CC(=O)N(Cc2ccco2)c2nc3ccccc3s2)c(C)c1. The maximum atomic E-state index is 13.4. The first kappa shape index (κ1) is 18.4. The number of fused-ring (bicyclic) bond motifs is 1. The molecule has 142 valence electrons. The number of benzene rings is 2. The van der Waals surface area contributed by atoms with Gasteiger partial charge in [-0.25, -0.2) is 4.98 Å². The molecule has 0 aliphatic rings. The zero-order chi connectivity index (χ0) is 19.7. The Balaban J connectivity index is 1.69. The third-order valence-electron chi connectivity index (χ3n) is 4.88. The van der Waals surface area contributed by atoms with E-state index in [0.717, 1.165) is 32.7 Å². The lowest BCUT2D eigenvalue weighted by Gasteiger charge is -2.20. The molecule has 0 saturated carbocycles. The van der Waals surface area contributed by atoms with Crippen molar-refractivity contribution in [1.82, 2.24) is 4.98 Å². The number of aryl methyl sites for hydroxylation is 3. The Labute approximate surface area is 168 Å². The van der Waals surface area contributed by atoms with Gasteiger partial charge in [-0.2, -0.15) is 0 Å². The second kappa shape index (κ2) is 7.60. The van der Waals surface area contributed by atoms with E-state index in [1.165, 1.54) is 16.9 Å². The number of para-hydroxylation sites is 1. The van der Waals surface area contributed by atoms with Gasteiger partial charge in [0.2, 0.25) is 5.91 Å². The maximum Gasteiger partial charge on any atom is 0.233 e. The summed E-state index contributed by atoms with van der Waals surface area (Å²) in [7, 11) is 0. The first-order valence-corrected chi connectivity index (χ1v) is 10.1. The van der Waals surface area contributed by atoms with Crippen molar-refractivity contribution in [2.24, 2.45) is 0 Å². The highest BCUT2D eigenvalue weighted by Gasteiger charge is 2.22. The van der Waals surface area contributed by atoms with Crippen LogP contribution < -0.4 is 4.90 Å². The summed E-state index contributed by atoms with van der Waals surface area (Å²) in [4.78, 5) is 19.8. The van der Waals surface area contributed by atoms with Crippen molar-refractivity contribution in [1.29, 1.82) is 0 Å². The molecule has 0 aliphatic carbocycles. The van der Waals surface area contributed by atoms with Crippen molar-refractivity contribution in [2.75, 3.05) is 4.90 Å². The van der Waals surface area contributed by atoms with E-state index >= 15 is 0 Å². The average molecular weight is 391 g/mol. The van der Waals surface area contributed by atoms with Crippen LogP contribution in [-0.4, -0.2) is 10.9 Å². The molecule has 0 atom stereocenters. The smallest absolute Gasteiger partial charge is 0.233 e. The standard InChI is InChI=1S/C23H22N2O2S/c1-15-11-16(2)19(17(3)12-15)13-22(26)25(14-18-7-6-10-27-18)23-24-20-8-4-5-9-21(20)28-23/h4-12H,13-14H2,1-3H3. The molecule has 2 heterocycles. The minimum Gasteiger partial charge on any atom is -0.467 e. The molecule has 0 saturated heterocycles. The molecule has 0 spiro atoms. The minimum absolute atomic E-state index is 0.0190. The normalized spacial score (nSPS) is 11.1. The molecular formula is C23H22N2O2S. The zero-order valence-corrected chi connectivity index (χ0v) is 17.0. The van der Waals surface area contributed by atoms with E-state index < -0.39 is 0 Å². The molecule has 0 fully saturated rings. The lowest BCUT2D eigenvalue weighted by atomic mass is 9.97. The van der Waals surface area contributed by atoms with Gasteiger partial charge in [-0.15, -0.1) is 0 Å². The van der Waals surface area contributed by atoms with Gasteiger partial charge in [0.15, 0.2) is 5.13 Å². The Bertz CT molecular complexity index is 1070. The number of anilines is 1. The summed E-state index contributed by atoms with van der Waals surface area (Å²) in [6.07, 6.45) is 1.97. The predicted octanol–water partition coefficient (Wildman–Crippen LogP) is 5.59. The van der Waals surface area contributed by atoms with Gasteiger partial charge in [0, 0.05) is 0 Å². The van der Waals surface area contributed by atoms with Crippen LogP contribution in [0.25, 0.3) is 10.2 Å². The van der Waals surface area contributed by atoms with E-state index in [-0.39, 0.29) is 5.91 Å². The fourth-order valence-corrected chi connectivity index (χ4v) is 4.51. The van der Waals surface area contributed by atoms with E-state index in [1.807, 2.05) is 36.4 Å². The predicted molar refractivity (Wildman–Crippen MR) is 114 cm³/mol. The summed E-state index contributed by atoms with van der Waals surface area (Å²) in [6.45, 7) is 6.58. The van der Waals surface area contributed by atoms with E-state index in [0.29, 0.717) is 18.1 Å². The number of aromatic nitrogens is 1. The van der Waals surface area contributed by atoms with Crippen molar-refractivity contribution in [3.63, 3.8) is 0 Å². The molecule has 1 amide bonds. The fourth-order valence-electron chi connectivity index (χ4n) is 3.53. The largest absolute Gasteiger partial charge is 0.467 e. The highest BCUT2D eigenvalue weighted by molar-refractivity contribution is 7.22. The Morgan fingerprint density at radius 3 is 2.50 bits per heavy atom. The lowest BCUT2D eigenvalue weighted by molar-refractivity contribution is -0.118. The molecule has 2 aromatic carbocycles. The van der Waals surface area contributed by atoms with Crippen molar-refractivity contribution in [3.8, 4) is 0 Å². The van der Waals surface area contributed by atoms with Gasteiger partial charge in [0.25, 0.3) is 0 Å². The quantitative estimate of drug-likeness (QED) is 0.446. The van der Waals surface area contributed by atoms with Crippen LogP contribution in [0, 0.1) is 20.8 Å². The maximum absolute atomic E-state index is 13.4. The highest BCUT2D eigenvalue weighted by atomic mass is 32.1. The molecule has 0 aliphatic heterocycles. The number of hydrogen-bond acceptors (Lipinski definition) is 4. The zero-order valence-electron chi connectivity index (χ0n) is 16.2. The third kappa shape index (κ3) is 3.71. The number of amides is 1. The van der Waals surface area contributed by atoms with Gasteiger partial charge in [-0.05, 0) is 61.7 Å². The van der Waals surface area contributed by atoms with Crippen LogP contribution >= 0.6 is 11.3 Å². The van der Waals surface area contributed by atoms with Crippen LogP contribution in [0.1, 0.15) is 28.0 Å². The number of rotatable bonds is 5. The van der Waals surface area contributed by atoms with Crippen molar-refractivity contribution < 1.29 is 9.21 Å². The molecule has 28 heavy (non-hydrogen) atoms. The summed E-state index contributed by atoms with van der Waals surface area (Å²) in [6, 6.07) is 15.9. The van der Waals surface area contributed by atoms with Crippen LogP contribution in [0.4, 0.5) is 5.13 Å². The minimum atomic E-state index is 0.0190. The first-order valence-electron chi connectivity index (χ1n) is 9.26. The lowest BCUT2D eigenvalue weighted by Crippen LogP contribution is -2.32. The second-order valence-electron chi connectivity index (χ2n) is 7.08. The fraction of sp³-hybridized carbons (Fsp3) is 0.217. The first-order chi connectivity index (χ1) is 13.5. The Morgan fingerprint density at radius 1 is 1.07 bits per heavy atom. The van der Waals surface area contributed by atoms with Gasteiger partial charge >= 0.3 is 0 Å². The number of thiazole rings is 1. The Kier molecular flexibility index (Phi) is 5.01. The van der Waals surface area contributed by atoms with E-state index in [9.17, 15) is 4.79 Å². The number of hydrogen-bond donors (Lipinski definition) is 0. The van der Waals surface area contributed by atoms with Gasteiger partial charge < -0.3 is 4.42 Å². The van der Waals surface area contributed by atoms with Gasteiger partial charge in [0.05, 0.1) is 29.4 Å². The summed E-state index contributed by atoms with van der Waals surface area (Å²) >= 11 is 1.53. The Hall–Kier alpha value is -2.92. The molecule has 0 bridgehead atoms. The molecule has 2 aromatic heterocycles. The van der Waals surface area contributed by atoms with Crippen LogP contribution in [0.15, 0.2) is 59.2 Å². The summed E-state index contributed by atoms with van der Waals surface area (Å²) in [5.41, 5.74) is 5.50. The number of nitrogens with zero attached hydrogens (tertiary/aromatic N) is 2. The topological polar surface area (TPSA) is 46.3 Å². The molecular weight excluding hydrogens is 368 g/mol. The van der Waals surface area contributed by atoms with Crippen LogP contribution in [0.5, 0.6) is 0 Å². The summed E-state index contributed by atoms with van der Waals surface area (Å²) in [5, 5.41) is 0.699. The number of carbonyl (C=O) groups is 1. The Morgan fingerprint density at radius 2 is 1.82 bits per heavy atom. The molecule has 4 rings (SSSR count). The summed E-state index contributed by atoms with van der Waals surface area (Å²) < 4.78 is 6.57. The van der Waals surface area contributed by atoms with Crippen molar-refractivity contribution >= 4 is 32.6 Å². The highest BCUT2D eigenvalue weighted by Crippen LogP contribution is 2.30. The van der Waals surface area contributed by atoms with Crippen molar-refractivity contribution in [3.05, 3.63) is 82.8 Å². The van der Waals surface area contributed by atoms with E-state index in [1.54, 1.807) is 11.2 Å². The van der Waals surface area contributed by atoms with Crippen LogP contribution in [0.3, 0.4) is 0 Å². The van der Waals surface area contributed by atoms with Crippen molar-refractivity contribution in [2.45, 2.75) is 33.7 Å². The average Bonchev–Trinajstić information content (AvgIpc) is 3.31. The summed E-state index contributed by atoms with van der Waals surface area (Å²) in [5.74, 6) is 0.760. The number of carbonyl (C=O) groups excluding carboxylic acids is 1.